The van der Waals surface area contributed by atoms with Gasteiger partial charge in [-0.05, 0) is 44.0 Å². The second kappa shape index (κ2) is 7.70. The third kappa shape index (κ3) is 3.77. The molecule has 1 N–H and O–H groups in total. The Balaban J connectivity index is 1.73. The minimum atomic E-state index is -0.307. The number of carbonyl (C=O) groups excluding carboxylic acids is 1. The average Bonchev–Trinajstić information content (AvgIpc) is 2.99. The number of carbonyl (C=O) groups is 1. The van der Waals surface area contributed by atoms with Crippen LogP contribution in [0.15, 0.2) is 47.9 Å². The van der Waals surface area contributed by atoms with Crippen LogP contribution in [-0.2, 0) is 11.8 Å². The molecule has 0 unspecified atom stereocenters. The van der Waals surface area contributed by atoms with Crippen LogP contribution < -0.4 is 5.32 Å². The summed E-state index contributed by atoms with van der Waals surface area (Å²) in [6.45, 7) is 5.85. The molecule has 1 amide bonds. The molecule has 6 nitrogen and oxygen atoms in total. The van der Waals surface area contributed by atoms with Crippen LogP contribution in [0, 0.1) is 13.8 Å². The number of anilines is 1. The number of hydrogen-bond donors (Lipinski definition) is 1. The van der Waals surface area contributed by atoms with E-state index >= 15 is 0 Å². The van der Waals surface area contributed by atoms with E-state index < -0.39 is 0 Å². The molecule has 0 aliphatic carbocycles. The molecule has 0 aliphatic heterocycles. The summed E-state index contributed by atoms with van der Waals surface area (Å²) >= 11 is 1.38. The lowest BCUT2D eigenvalue weighted by molar-refractivity contribution is -0.115. The quantitative estimate of drug-likeness (QED) is 0.698. The van der Waals surface area contributed by atoms with Gasteiger partial charge in [-0.15, -0.1) is 10.2 Å². The van der Waals surface area contributed by atoms with Crippen molar-refractivity contribution in [2.45, 2.75) is 31.2 Å². The highest BCUT2D eigenvalue weighted by Crippen LogP contribution is 2.27. The molecule has 0 bridgehead atoms. The van der Waals surface area contributed by atoms with Crippen molar-refractivity contribution in [3.8, 4) is 11.4 Å². The van der Waals surface area contributed by atoms with E-state index in [9.17, 15) is 4.79 Å². The summed E-state index contributed by atoms with van der Waals surface area (Å²) in [5.74, 6) is 0.668. The van der Waals surface area contributed by atoms with Crippen molar-refractivity contribution in [2.75, 3.05) is 5.32 Å². The zero-order valence-electron chi connectivity index (χ0n) is 15.2. The molecule has 0 fully saturated rings. The van der Waals surface area contributed by atoms with Crippen LogP contribution in [0.2, 0.25) is 0 Å². The molecule has 3 rings (SSSR count). The van der Waals surface area contributed by atoms with Gasteiger partial charge in [0.1, 0.15) is 0 Å². The van der Waals surface area contributed by atoms with Gasteiger partial charge in [-0.1, -0.05) is 30.0 Å². The third-order valence-corrected chi connectivity index (χ3v) is 5.27. The number of aromatic nitrogens is 4. The maximum absolute atomic E-state index is 12.6. The number of nitrogens with one attached hydrogen (secondary N) is 1. The first kappa shape index (κ1) is 18.1. The van der Waals surface area contributed by atoms with E-state index in [0.717, 1.165) is 28.2 Å². The molecule has 26 heavy (non-hydrogen) atoms. The van der Waals surface area contributed by atoms with Crippen molar-refractivity contribution in [1.82, 2.24) is 19.7 Å². The standard InChI is InChI=1S/C19H21N5OS/c1-12-7-5-8-13(2)16(12)21-18(25)14(3)26-19-23-22-17(24(19)4)15-9-6-10-20-11-15/h5-11,14H,1-4H3,(H,21,25)/t14-/m1/s1. The Kier molecular flexibility index (Phi) is 5.37. The van der Waals surface area contributed by atoms with Crippen molar-refractivity contribution in [2.24, 2.45) is 7.05 Å². The molecule has 3 aromatic rings. The fourth-order valence-corrected chi connectivity index (χ4v) is 3.43. The molecular formula is C19H21N5OS. The highest BCUT2D eigenvalue weighted by atomic mass is 32.2. The van der Waals surface area contributed by atoms with Crippen LogP contribution >= 0.6 is 11.8 Å². The smallest absolute Gasteiger partial charge is 0.237 e. The SMILES string of the molecule is Cc1cccc(C)c1NC(=O)[C@@H](C)Sc1nnc(-c2cccnc2)n1C. The minimum absolute atomic E-state index is 0.0571. The van der Waals surface area contributed by atoms with Gasteiger partial charge in [0.2, 0.25) is 5.91 Å². The van der Waals surface area contributed by atoms with E-state index in [0.29, 0.717) is 5.16 Å². The van der Waals surface area contributed by atoms with Gasteiger partial charge in [0.15, 0.2) is 11.0 Å². The van der Waals surface area contributed by atoms with Crippen LogP contribution in [0.4, 0.5) is 5.69 Å². The Hall–Kier alpha value is -2.67. The van der Waals surface area contributed by atoms with E-state index in [1.54, 1.807) is 12.4 Å². The maximum Gasteiger partial charge on any atom is 0.237 e. The second-order valence-electron chi connectivity index (χ2n) is 6.12. The van der Waals surface area contributed by atoms with Gasteiger partial charge < -0.3 is 9.88 Å². The number of para-hydroxylation sites is 1. The van der Waals surface area contributed by atoms with Gasteiger partial charge in [-0.25, -0.2) is 0 Å². The normalized spacial score (nSPS) is 12.0. The number of amides is 1. The lowest BCUT2D eigenvalue weighted by Crippen LogP contribution is -2.23. The second-order valence-corrected chi connectivity index (χ2v) is 7.43. The van der Waals surface area contributed by atoms with Crippen LogP contribution in [0.3, 0.4) is 0 Å². The summed E-state index contributed by atoms with van der Waals surface area (Å²) in [5.41, 5.74) is 3.86. The van der Waals surface area contributed by atoms with Gasteiger partial charge in [-0.2, -0.15) is 0 Å². The Morgan fingerprint density at radius 2 is 1.88 bits per heavy atom. The molecule has 0 aliphatic rings. The van der Waals surface area contributed by atoms with Gasteiger partial charge in [0, 0.05) is 30.7 Å². The van der Waals surface area contributed by atoms with Gasteiger partial charge in [0.25, 0.3) is 0 Å². The molecule has 0 spiro atoms. The van der Waals surface area contributed by atoms with Gasteiger partial charge >= 0.3 is 0 Å². The first-order valence-electron chi connectivity index (χ1n) is 8.31. The molecule has 1 aromatic carbocycles. The molecular weight excluding hydrogens is 346 g/mol. The molecule has 0 radical (unpaired) electrons. The molecule has 1 atom stereocenters. The maximum atomic E-state index is 12.6. The summed E-state index contributed by atoms with van der Waals surface area (Å²) in [6.07, 6.45) is 3.46. The Morgan fingerprint density at radius 3 is 2.54 bits per heavy atom. The first-order valence-corrected chi connectivity index (χ1v) is 9.19. The number of pyridine rings is 1. The highest BCUT2D eigenvalue weighted by molar-refractivity contribution is 8.00. The zero-order valence-corrected chi connectivity index (χ0v) is 16.0. The largest absolute Gasteiger partial charge is 0.325 e. The first-order chi connectivity index (χ1) is 12.5. The number of hydrogen-bond acceptors (Lipinski definition) is 5. The fourth-order valence-electron chi connectivity index (χ4n) is 2.61. The van der Waals surface area contributed by atoms with Crippen LogP contribution in [0.1, 0.15) is 18.1 Å². The summed E-state index contributed by atoms with van der Waals surface area (Å²) in [7, 11) is 1.89. The molecule has 7 heteroatoms. The van der Waals surface area contributed by atoms with Crippen LogP contribution in [-0.4, -0.2) is 30.9 Å². The molecule has 2 aromatic heterocycles. The summed E-state index contributed by atoms with van der Waals surface area (Å²) in [5, 5.41) is 11.9. The number of nitrogens with zero attached hydrogens (tertiary/aromatic N) is 4. The summed E-state index contributed by atoms with van der Waals surface area (Å²) in [6, 6.07) is 9.75. The lowest BCUT2D eigenvalue weighted by atomic mass is 10.1. The van der Waals surface area contributed by atoms with E-state index in [2.05, 4.69) is 20.5 Å². The molecule has 2 heterocycles. The van der Waals surface area contributed by atoms with E-state index in [1.165, 1.54) is 11.8 Å². The summed E-state index contributed by atoms with van der Waals surface area (Å²) in [4.78, 5) is 16.7. The predicted molar refractivity (Wildman–Crippen MR) is 104 cm³/mol. The van der Waals surface area contributed by atoms with E-state index in [4.69, 9.17) is 0 Å². The van der Waals surface area contributed by atoms with Crippen molar-refractivity contribution in [3.05, 3.63) is 53.9 Å². The zero-order chi connectivity index (χ0) is 18.7. The number of benzene rings is 1. The van der Waals surface area contributed by atoms with Crippen molar-refractivity contribution < 1.29 is 4.79 Å². The molecule has 0 saturated carbocycles. The Labute approximate surface area is 157 Å². The van der Waals surface area contributed by atoms with Crippen LogP contribution in [0.25, 0.3) is 11.4 Å². The van der Waals surface area contributed by atoms with Gasteiger partial charge in [0.05, 0.1) is 5.25 Å². The molecule has 134 valence electrons. The fraction of sp³-hybridized carbons (Fsp3) is 0.263. The minimum Gasteiger partial charge on any atom is -0.325 e. The van der Waals surface area contributed by atoms with E-state index in [-0.39, 0.29) is 11.2 Å². The monoisotopic (exact) mass is 367 g/mol. The predicted octanol–water partition coefficient (Wildman–Crippen LogP) is 3.61. The number of rotatable bonds is 5. The van der Waals surface area contributed by atoms with Crippen molar-refractivity contribution in [3.63, 3.8) is 0 Å². The van der Waals surface area contributed by atoms with Gasteiger partial charge in [-0.3, -0.25) is 9.78 Å². The number of thioether (sulfide) groups is 1. The molecule has 0 saturated heterocycles. The third-order valence-electron chi connectivity index (χ3n) is 4.14. The van der Waals surface area contributed by atoms with Crippen molar-refractivity contribution in [1.29, 1.82) is 0 Å². The van der Waals surface area contributed by atoms with E-state index in [1.807, 2.05) is 62.7 Å². The van der Waals surface area contributed by atoms with Crippen molar-refractivity contribution >= 4 is 23.4 Å². The Morgan fingerprint density at radius 1 is 1.15 bits per heavy atom. The topological polar surface area (TPSA) is 72.7 Å². The van der Waals surface area contributed by atoms with Crippen LogP contribution in [0.5, 0.6) is 0 Å². The average molecular weight is 367 g/mol. The highest BCUT2D eigenvalue weighted by Gasteiger charge is 2.20. The Bertz CT molecular complexity index is 903. The summed E-state index contributed by atoms with van der Waals surface area (Å²) < 4.78 is 1.88. The lowest BCUT2D eigenvalue weighted by Gasteiger charge is -2.15. The number of aryl methyl sites for hydroxylation is 2.